The van der Waals surface area contributed by atoms with E-state index in [4.69, 9.17) is 0 Å². The molecule has 1 aliphatic rings. The van der Waals surface area contributed by atoms with Crippen LogP contribution in [-0.4, -0.2) is 23.1 Å². The van der Waals surface area contributed by atoms with Crippen LogP contribution in [0.5, 0.6) is 0 Å². The quantitative estimate of drug-likeness (QED) is 0.823. The molecule has 18 heavy (non-hydrogen) atoms. The molecule has 1 atom stereocenters. The molecule has 0 radical (unpaired) electrons. The molecule has 1 saturated heterocycles. The number of ketones is 1. The summed E-state index contributed by atoms with van der Waals surface area (Å²) in [6.07, 6.45) is 1.42. The van der Waals surface area contributed by atoms with Crippen molar-refractivity contribution in [1.29, 1.82) is 0 Å². The molecule has 1 aromatic carbocycles. The first kappa shape index (κ1) is 14.4. The van der Waals surface area contributed by atoms with Crippen molar-refractivity contribution in [2.75, 3.05) is 6.54 Å². The first-order chi connectivity index (χ1) is 8.70. The Morgan fingerprint density at radius 3 is 2.28 bits per heavy atom. The van der Waals surface area contributed by atoms with Crippen LogP contribution in [0, 0.1) is 0 Å². The Labute approximate surface area is 109 Å². The summed E-state index contributed by atoms with van der Waals surface area (Å²) in [5.74, 6) is 0.116. The minimum absolute atomic E-state index is 0.0291. The van der Waals surface area contributed by atoms with E-state index in [1.165, 1.54) is 0 Å². The second-order valence-corrected chi connectivity index (χ2v) is 4.11. The predicted molar refractivity (Wildman–Crippen MR) is 72.2 cm³/mol. The van der Waals surface area contributed by atoms with Gasteiger partial charge in [0.25, 0.3) is 0 Å². The van der Waals surface area contributed by atoms with Crippen molar-refractivity contribution >= 4 is 11.7 Å². The molecule has 1 aliphatic heterocycles. The van der Waals surface area contributed by atoms with Gasteiger partial charge in [-0.05, 0) is 18.9 Å². The number of hydrogen-bond donors (Lipinski definition) is 0. The van der Waals surface area contributed by atoms with Gasteiger partial charge in [-0.25, -0.2) is 0 Å². The number of hydrogen-bond acceptors (Lipinski definition) is 2. The molecule has 3 nitrogen and oxygen atoms in total. The van der Waals surface area contributed by atoms with Crippen molar-refractivity contribution in [2.24, 2.45) is 0 Å². The molecule has 0 saturated carbocycles. The average molecular weight is 247 g/mol. The van der Waals surface area contributed by atoms with E-state index in [2.05, 4.69) is 0 Å². The SMILES string of the molecule is CC.CC(=O)C(c1ccccc1)N1CCCC1=O. The van der Waals surface area contributed by atoms with E-state index >= 15 is 0 Å². The Kier molecular flexibility index (Phi) is 5.56. The highest BCUT2D eigenvalue weighted by Gasteiger charge is 2.31. The minimum atomic E-state index is -0.392. The van der Waals surface area contributed by atoms with Crippen LogP contribution in [0.2, 0.25) is 0 Å². The van der Waals surface area contributed by atoms with Gasteiger partial charge >= 0.3 is 0 Å². The van der Waals surface area contributed by atoms with Crippen molar-refractivity contribution < 1.29 is 9.59 Å². The fraction of sp³-hybridized carbons (Fsp3) is 0.467. The maximum Gasteiger partial charge on any atom is 0.223 e. The Morgan fingerprint density at radius 2 is 1.83 bits per heavy atom. The van der Waals surface area contributed by atoms with E-state index in [-0.39, 0.29) is 11.7 Å². The molecule has 1 amide bonds. The summed E-state index contributed by atoms with van der Waals surface area (Å²) in [5, 5.41) is 0. The van der Waals surface area contributed by atoms with E-state index in [1.54, 1.807) is 11.8 Å². The van der Waals surface area contributed by atoms with E-state index in [9.17, 15) is 9.59 Å². The van der Waals surface area contributed by atoms with Crippen LogP contribution in [0.4, 0.5) is 0 Å². The van der Waals surface area contributed by atoms with Crippen LogP contribution < -0.4 is 0 Å². The Bertz CT molecular complexity index is 400. The fourth-order valence-corrected chi connectivity index (χ4v) is 2.21. The van der Waals surface area contributed by atoms with Crippen molar-refractivity contribution in [1.82, 2.24) is 4.90 Å². The summed E-state index contributed by atoms with van der Waals surface area (Å²) in [6.45, 7) is 6.24. The Morgan fingerprint density at radius 1 is 1.22 bits per heavy atom. The van der Waals surface area contributed by atoms with Crippen LogP contribution in [0.25, 0.3) is 0 Å². The lowest BCUT2D eigenvalue weighted by atomic mass is 10.0. The molecule has 1 heterocycles. The maximum absolute atomic E-state index is 11.7. The molecule has 1 aromatic rings. The first-order valence-electron chi connectivity index (χ1n) is 6.55. The molecule has 0 spiro atoms. The standard InChI is InChI=1S/C13H15NO2.C2H6/c1-10(15)13(11-6-3-2-4-7-11)14-9-5-8-12(14)16;1-2/h2-4,6-7,13H,5,8-9H2,1H3;1-2H3. The summed E-state index contributed by atoms with van der Waals surface area (Å²) in [6, 6.07) is 9.11. The van der Waals surface area contributed by atoms with Crippen LogP contribution in [0.1, 0.15) is 45.2 Å². The zero-order chi connectivity index (χ0) is 13.5. The van der Waals surface area contributed by atoms with Crippen molar-refractivity contribution in [3.05, 3.63) is 35.9 Å². The van der Waals surface area contributed by atoms with Gasteiger partial charge in [-0.2, -0.15) is 0 Å². The number of Topliss-reactive ketones (excluding diaryl/α,β-unsaturated/α-hetero) is 1. The summed E-state index contributed by atoms with van der Waals surface area (Å²) in [5.41, 5.74) is 0.908. The van der Waals surface area contributed by atoms with Crippen LogP contribution in [0.3, 0.4) is 0 Å². The molecule has 0 N–H and O–H groups in total. The lowest BCUT2D eigenvalue weighted by Gasteiger charge is -2.25. The normalized spacial score (nSPS) is 15.9. The third kappa shape index (κ3) is 3.19. The van der Waals surface area contributed by atoms with Gasteiger partial charge in [0.1, 0.15) is 6.04 Å². The lowest BCUT2D eigenvalue weighted by molar-refractivity contribution is -0.135. The van der Waals surface area contributed by atoms with Crippen LogP contribution in [-0.2, 0) is 9.59 Å². The third-order valence-corrected chi connectivity index (χ3v) is 2.92. The average Bonchev–Trinajstić information content (AvgIpc) is 2.79. The van der Waals surface area contributed by atoms with Gasteiger partial charge in [0.2, 0.25) is 5.91 Å². The van der Waals surface area contributed by atoms with E-state index < -0.39 is 6.04 Å². The van der Waals surface area contributed by atoms with E-state index in [0.717, 1.165) is 12.0 Å². The smallest absolute Gasteiger partial charge is 0.223 e. The highest BCUT2D eigenvalue weighted by Crippen LogP contribution is 2.26. The molecule has 3 heteroatoms. The highest BCUT2D eigenvalue weighted by atomic mass is 16.2. The molecule has 2 rings (SSSR count). The third-order valence-electron chi connectivity index (χ3n) is 2.92. The van der Waals surface area contributed by atoms with Gasteiger partial charge in [0.15, 0.2) is 5.78 Å². The highest BCUT2D eigenvalue weighted by molar-refractivity contribution is 5.89. The number of carbonyl (C=O) groups is 2. The first-order valence-corrected chi connectivity index (χ1v) is 6.55. The van der Waals surface area contributed by atoms with E-state index in [0.29, 0.717) is 13.0 Å². The number of likely N-dealkylation sites (tertiary alicyclic amines) is 1. The minimum Gasteiger partial charge on any atom is -0.329 e. The topological polar surface area (TPSA) is 37.4 Å². The molecule has 0 aromatic heterocycles. The van der Waals surface area contributed by atoms with Gasteiger partial charge in [0.05, 0.1) is 0 Å². The second-order valence-electron chi connectivity index (χ2n) is 4.11. The van der Waals surface area contributed by atoms with E-state index in [1.807, 2.05) is 44.2 Å². The maximum atomic E-state index is 11.7. The summed E-state index contributed by atoms with van der Waals surface area (Å²) >= 11 is 0. The van der Waals surface area contributed by atoms with Crippen molar-refractivity contribution in [3.8, 4) is 0 Å². The Hall–Kier alpha value is -1.64. The van der Waals surface area contributed by atoms with Gasteiger partial charge < -0.3 is 4.90 Å². The monoisotopic (exact) mass is 247 g/mol. The number of benzene rings is 1. The van der Waals surface area contributed by atoms with Crippen LogP contribution in [0.15, 0.2) is 30.3 Å². The van der Waals surface area contributed by atoms with Crippen molar-refractivity contribution in [2.45, 2.75) is 39.7 Å². The molecule has 98 valence electrons. The molecule has 0 bridgehead atoms. The Balaban J connectivity index is 0.000000771. The van der Waals surface area contributed by atoms with Crippen LogP contribution >= 0.6 is 0 Å². The second kappa shape index (κ2) is 6.94. The summed E-state index contributed by atoms with van der Waals surface area (Å²) in [7, 11) is 0. The van der Waals surface area contributed by atoms with Crippen molar-refractivity contribution in [3.63, 3.8) is 0 Å². The number of nitrogens with zero attached hydrogens (tertiary/aromatic N) is 1. The molecule has 1 unspecified atom stereocenters. The molecular formula is C15H21NO2. The predicted octanol–water partition coefficient (Wildman–Crippen LogP) is 2.97. The number of amides is 1. The summed E-state index contributed by atoms with van der Waals surface area (Å²) in [4.78, 5) is 25.0. The summed E-state index contributed by atoms with van der Waals surface area (Å²) < 4.78 is 0. The van der Waals surface area contributed by atoms with Gasteiger partial charge in [-0.15, -0.1) is 0 Å². The van der Waals surface area contributed by atoms with Gasteiger partial charge in [0, 0.05) is 13.0 Å². The fourth-order valence-electron chi connectivity index (χ4n) is 2.21. The zero-order valence-corrected chi connectivity index (χ0v) is 11.3. The molecule has 0 aliphatic carbocycles. The zero-order valence-electron chi connectivity index (χ0n) is 11.3. The lowest BCUT2D eigenvalue weighted by Crippen LogP contribution is -2.33. The number of carbonyl (C=O) groups excluding carboxylic acids is 2. The van der Waals surface area contributed by atoms with Gasteiger partial charge in [-0.1, -0.05) is 44.2 Å². The molecule has 1 fully saturated rings. The largest absolute Gasteiger partial charge is 0.329 e. The molecular weight excluding hydrogens is 226 g/mol. The number of rotatable bonds is 3. The van der Waals surface area contributed by atoms with Gasteiger partial charge in [-0.3, -0.25) is 9.59 Å².